The van der Waals surface area contributed by atoms with Gasteiger partial charge in [-0.25, -0.2) is 0 Å². The number of hydrogen-bond donors (Lipinski definition) is 1. The lowest BCUT2D eigenvalue weighted by Gasteiger charge is -2.64. The second-order valence-corrected chi connectivity index (χ2v) is 9.49. The molecule has 2 heterocycles. The number of aliphatic hydroxyl groups excluding tert-OH is 1. The molecule has 0 aromatic carbocycles. The van der Waals surface area contributed by atoms with Gasteiger partial charge in [0.05, 0.1) is 18.0 Å². The van der Waals surface area contributed by atoms with E-state index in [1.807, 2.05) is 6.26 Å². The van der Waals surface area contributed by atoms with Crippen LogP contribution in [0, 0.1) is 22.7 Å². The molecule has 1 N–H and O–H groups in total. The number of aliphatic hydroxyl groups is 1. The molecule has 4 aliphatic rings. The van der Waals surface area contributed by atoms with Gasteiger partial charge < -0.3 is 14.6 Å². The van der Waals surface area contributed by atoms with Crippen LogP contribution in [0.15, 0.2) is 12.3 Å². The van der Waals surface area contributed by atoms with Crippen LogP contribution in [0.4, 0.5) is 0 Å². The molecule has 3 fully saturated rings. The summed E-state index contributed by atoms with van der Waals surface area (Å²) in [4.78, 5) is 0. The molecule has 130 valence electrons. The Balaban J connectivity index is 1.75. The topological polar surface area (TPSA) is 38.7 Å². The van der Waals surface area contributed by atoms with Crippen molar-refractivity contribution in [2.75, 3.05) is 6.61 Å². The summed E-state index contributed by atoms with van der Waals surface area (Å²) < 4.78 is 12.5. The molecular weight excluding hydrogens is 288 g/mol. The monoisotopic (exact) mass is 320 g/mol. The van der Waals surface area contributed by atoms with E-state index in [4.69, 9.17) is 9.47 Å². The Labute approximate surface area is 140 Å². The van der Waals surface area contributed by atoms with Gasteiger partial charge in [-0.2, -0.15) is 0 Å². The molecule has 1 saturated heterocycles. The van der Waals surface area contributed by atoms with E-state index in [1.54, 1.807) is 0 Å². The number of rotatable bonds is 0. The van der Waals surface area contributed by atoms with Crippen molar-refractivity contribution in [1.29, 1.82) is 0 Å². The first-order valence-electron chi connectivity index (χ1n) is 9.43. The molecule has 2 aliphatic heterocycles. The van der Waals surface area contributed by atoms with Gasteiger partial charge in [-0.3, -0.25) is 0 Å². The fourth-order valence-electron chi connectivity index (χ4n) is 6.69. The van der Waals surface area contributed by atoms with E-state index in [0.717, 1.165) is 25.7 Å². The molecular formula is C20H32O3. The molecule has 2 spiro atoms. The first kappa shape index (κ1) is 16.0. The average molecular weight is 320 g/mol. The van der Waals surface area contributed by atoms with Crippen molar-refractivity contribution in [2.45, 2.75) is 83.5 Å². The van der Waals surface area contributed by atoms with Gasteiger partial charge in [0.1, 0.15) is 12.2 Å². The highest BCUT2D eigenvalue weighted by molar-refractivity contribution is 5.20. The number of fused-ring (bicyclic) bond motifs is 2. The lowest BCUT2D eigenvalue weighted by Crippen LogP contribution is -2.65. The van der Waals surface area contributed by atoms with Crippen LogP contribution in [0.3, 0.4) is 0 Å². The van der Waals surface area contributed by atoms with E-state index in [1.165, 1.54) is 12.8 Å². The molecule has 0 radical (unpaired) electrons. The number of ether oxygens (including phenoxy) is 2. The van der Waals surface area contributed by atoms with E-state index in [0.29, 0.717) is 18.4 Å². The van der Waals surface area contributed by atoms with Gasteiger partial charge >= 0.3 is 0 Å². The first-order chi connectivity index (χ1) is 10.8. The summed E-state index contributed by atoms with van der Waals surface area (Å²) in [6.07, 6.45) is 10.4. The van der Waals surface area contributed by atoms with Crippen molar-refractivity contribution >= 4 is 0 Å². The molecule has 23 heavy (non-hydrogen) atoms. The van der Waals surface area contributed by atoms with Crippen LogP contribution in [0.2, 0.25) is 0 Å². The summed E-state index contributed by atoms with van der Waals surface area (Å²) in [6.45, 7) is 10.1. The van der Waals surface area contributed by atoms with Crippen LogP contribution >= 0.6 is 0 Å². The van der Waals surface area contributed by atoms with Crippen molar-refractivity contribution in [3.8, 4) is 0 Å². The van der Waals surface area contributed by atoms with Crippen LogP contribution in [-0.4, -0.2) is 29.0 Å². The zero-order valence-electron chi connectivity index (χ0n) is 15.1. The molecule has 2 aliphatic carbocycles. The predicted octanol–water partition coefficient (Wildman–Crippen LogP) is 4.05. The zero-order valence-corrected chi connectivity index (χ0v) is 15.1. The summed E-state index contributed by atoms with van der Waals surface area (Å²) in [5.74, 6) is 1.10. The molecule has 2 saturated carbocycles. The van der Waals surface area contributed by atoms with Gasteiger partial charge in [0.2, 0.25) is 0 Å². The molecule has 0 unspecified atom stereocenters. The Morgan fingerprint density at radius 1 is 1.04 bits per heavy atom. The van der Waals surface area contributed by atoms with Crippen molar-refractivity contribution in [1.82, 2.24) is 0 Å². The first-order valence-corrected chi connectivity index (χ1v) is 9.43. The second-order valence-electron chi connectivity index (χ2n) is 9.49. The SMILES string of the molecule is C[C@H]1CC[C@H]2C(C)(C)[C@@H](O)CC[C@]2(C)[C@@]12CC[C@]1(C=COC1)O2. The zero-order chi connectivity index (χ0) is 16.5. The molecule has 3 heteroatoms. The fourth-order valence-corrected chi connectivity index (χ4v) is 6.69. The number of hydrogen-bond acceptors (Lipinski definition) is 3. The molecule has 0 amide bonds. The largest absolute Gasteiger partial charge is 0.498 e. The van der Waals surface area contributed by atoms with E-state index in [2.05, 4.69) is 33.8 Å². The van der Waals surface area contributed by atoms with Crippen molar-refractivity contribution in [3.05, 3.63) is 12.3 Å². The maximum Gasteiger partial charge on any atom is 0.124 e. The molecule has 0 aromatic rings. The molecule has 4 rings (SSSR count). The molecule has 3 nitrogen and oxygen atoms in total. The Hall–Kier alpha value is -0.540. The maximum absolute atomic E-state index is 10.6. The molecule has 0 aromatic heterocycles. The van der Waals surface area contributed by atoms with Gasteiger partial charge in [0.15, 0.2) is 0 Å². The summed E-state index contributed by atoms with van der Waals surface area (Å²) in [7, 11) is 0. The Morgan fingerprint density at radius 3 is 2.52 bits per heavy atom. The fraction of sp³-hybridized carbons (Fsp3) is 0.900. The Bertz CT molecular complexity index is 527. The minimum Gasteiger partial charge on any atom is -0.498 e. The quantitative estimate of drug-likeness (QED) is 0.732. The van der Waals surface area contributed by atoms with E-state index >= 15 is 0 Å². The summed E-state index contributed by atoms with van der Waals surface area (Å²) in [5, 5.41) is 10.6. The highest BCUT2D eigenvalue weighted by atomic mass is 16.6. The lowest BCUT2D eigenvalue weighted by molar-refractivity contribution is -0.255. The average Bonchev–Trinajstić information content (AvgIpc) is 3.11. The highest BCUT2D eigenvalue weighted by Gasteiger charge is 2.68. The van der Waals surface area contributed by atoms with Crippen LogP contribution < -0.4 is 0 Å². The van der Waals surface area contributed by atoms with Gasteiger partial charge in [-0.15, -0.1) is 0 Å². The third-order valence-electron chi connectivity index (χ3n) is 8.21. The van der Waals surface area contributed by atoms with Gasteiger partial charge in [-0.1, -0.05) is 27.7 Å². The second kappa shape index (κ2) is 4.76. The third kappa shape index (κ3) is 1.90. The van der Waals surface area contributed by atoms with E-state index in [9.17, 15) is 5.11 Å². The minimum absolute atomic E-state index is 0.0265. The third-order valence-corrected chi connectivity index (χ3v) is 8.21. The van der Waals surface area contributed by atoms with E-state index < -0.39 is 0 Å². The summed E-state index contributed by atoms with van der Waals surface area (Å²) in [5.41, 5.74) is -0.140. The summed E-state index contributed by atoms with van der Waals surface area (Å²) in [6, 6.07) is 0. The van der Waals surface area contributed by atoms with Crippen LogP contribution in [0.5, 0.6) is 0 Å². The van der Waals surface area contributed by atoms with Gasteiger partial charge in [0.25, 0.3) is 0 Å². The van der Waals surface area contributed by atoms with Crippen molar-refractivity contribution in [3.63, 3.8) is 0 Å². The standard InChI is InChI=1S/C20H32O3/c1-14-5-6-15-17(2,3)16(21)7-8-18(15,4)20(14)10-9-19(23-20)11-12-22-13-19/h11-12,14-16,21H,5-10,13H2,1-4H3/t14-,15-,16-,18-,19+,20+/m0/s1. The van der Waals surface area contributed by atoms with Crippen molar-refractivity contribution < 1.29 is 14.6 Å². The lowest BCUT2D eigenvalue weighted by atomic mass is 9.44. The molecule has 6 atom stereocenters. The van der Waals surface area contributed by atoms with Crippen molar-refractivity contribution in [2.24, 2.45) is 22.7 Å². The predicted molar refractivity (Wildman–Crippen MR) is 89.9 cm³/mol. The van der Waals surface area contributed by atoms with Gasteiger partial charge in [0, 0.05) is 5.41 Å². The molecule has 0 bridgehead atoms. The van der Waals surface area contributed by atoms with Gasteiger partial charge in [-0.05, 0) is 61.9 Å². The Kier molecular flexibility index (Phi) is 3.30. The van der Waals surface area contributed by atoms with Crippen LogP contribution in [-0.2, 0) is 9.47 Å². The Morgan fingerprint density at radius 2 is 1.83 bits per heavy atom. The van der Waals surface area contributed by atoms with Crippen LogP contribution in [0.1, 0.15) is 66.2 Å². The van der Waals surface area contributed by atoms with E-state index in [-0.39, 0.29) is 28.1 Å². The normalized spacial score (nSPS) is 54.4. The van der Waals surface area contributed by atoms with Crippen LogP contribution in [0.25, 0.3) is 0 Å². The summed E-state index contributed by atoms with van der Waals surface area (Å²) >= 11 is 0. The maximum atomic E-state index is 10.6. The smallest absolute Gasteiger partial charge is 0.124 e. The minimum atomic E-state index is -0.195. The highest BCUT2D eigenvalue weighted by Crippen LogP contribution is 2.67.